The van der Waals surface area contributed by atoms with Crippen molar-refractivity contribution >= 4 is 93.1 Å². The van der Waals surface area contributed by atoms with Crippen molar-refractivity contribution in [3.8, 4) is 0 Å². The molecule has 11 heteroatoms. The number of halogens is 4. The number of carbonyl (C=O) groups excluding carboxylic acids is 4. The number of carbonyl (C=O) groups is 4. The minimum Gasteiger partial charge on any atom is -0.454 e. The van der Waals surface area contributed by atoms with Gasteiger partial charge in [-0.3, -0.25) is 19.3 Å². The molecule has 0 saturated heterocycles. The third-order valence-electron chi connectivity index (χ3n) is 4.85. The largest absolute Gasteiger partial charge is 0.454 e. The van der Waals surface area contributed by atoms with Gasteiger partial charge in [-0.1, -0.05) is 19.1 Å². The number of hydrogen-bond donors (Lipinski definition) is 1. The zero-order valence-corrected chi connectivity index (χ0v) is 23.1. The van der Waals surface area contributed by atoms with Crippen molar-refractivity contribution in [3.63, 3.8) is 0 Å². The number of fused-ring (bicyclic) bond motifs is 1. The molecule has 1 aliphatic rings. The second-order valence-electron chi connectivity index (χ2n) is 6.87. The summed E-state index contributed by atoms with van der Waals surface area (Å²) in [6, 6.07) is 6.06. The van der Waals surface area contributed by atoms with Gasteiger partial charge >= 0.3 is 5.97 Å². The van der Waals surface area contributed by atoms with Crippen LogP contribution in [0.3, 0.4) is 0 Å². The van der Waals surface area contributed by atoms with E-state index in [1.165, 1.54) is 6.92 Å². The molecule has 0 bridgehead atoms. The molecule has 168 valence electrons. The molecule has 2 aromatic rings. The average Bonchev–Trinajstić information content (AvgIpc) is 3.04. The van der Waals surface area contributed by atoms with Crippen LogP contribution in [0.25, 0.3) is 0 Å². The smallest absolute Gasteiger partial charge is 0.329 e. The minimum absolute atomic E-state index is 0.130. The van der Waals surface area contributed by atoms with Gasteiger partial charge in [-0.15, -0.1) is 0 Å². The number of esters is 1. The number of hydrogen-bond acceptors (Lipinski definition) is 5. The highest BCUT2D eigenvalue weighted by Crippen LogP contribution is 2.45. The maximum absolute atomic E-state index is 13.0. The summed E-state index contributed by atoms with van der Waals surface area (Å²) in [7, 11) is 0. The fourth-order valence-corrected chi connectivity index (χ4v) is 5.56. The predicted molar refractivity (Wildman–Crippen MR) is 133 cm³/mol. The van der Waals surface area contributed by atoms with Crippen LogP contribution in [-0.4, -0.2) is 41.2 Å². The Kier molecular flexibility index (Phi) is 7.95. The normalized spacial score (nSPS) is 13.8. The van der Waals surface area contributed by atoms with E-state index in [1.54, 1.807) is 12.1 Å². The molecular weight excluding hydrogens is 680 g/mol. The summed E-state index contributed by atoms with van der Waals surface area (Å²) in [4.78, 5) is 51.4. The van der Waals surface area contributed by atoms with Crippen LogP contribution in [0.5, 0.6) is 0 Å². The molecule has 0 saturated carbocycles. The van der Waals surface area contributed by atoms with E-state index in [0.717, 1.165) is 16.9 Å². The Morgan fingerprint density at radius 2 is 1.44 bits per heavy atom. The molecule has 32 heavy (non-hydrogen) atoms. The molecule has 7 nitrogen and oxygen atoms in total. The minimum atomic E-state index is -1.23. The highest BCUT2D eigenvalue weighted by atomic mass is 79.9. The fraction of sp³-hybridized carbons (Fsp3) is 0.238. The first-order valence-corrected chi connectivity index (χ1v) is 12.5. The molecule has 3 rings (SSSR count). The summed E-state index contributed by atoms with van der Waals surface area (Å²) in [6.45, 7) is 2.85. The van der Waals surface area contributed by atoms with Crippen LogP contribution in [0.1, 0.15) is 40.1 Å². The van der Waals surface area contributed by atoms with Crippen LogP contribution in [0.15, 0.2) is 42.2 Å². The van der Waals surface area contributed by atoms with Crippen molar-refractivity contribution in [2.24, 2.45) is 0 Å². The van der Waals surface area contributed by atoms with E-state index < -0.39 is 36.3 Å². The van der Waals surface area contributed by atoms with Gasteiger partial charge in [0.2, 0.25) is 0 Å². The molecule has 1 heterocycles. The van der Waals surface area contributed by atoms with Gasteiger partial charge in [-0.2, -0.15) is 0 Å². The number of imide groups is 1. The van der Waals surface area contributed by atoms with E-state index >= 15 is 0 Å². The lowest BCUT2D eigenvalue weighted by molar-refractivity contribution is -0.150. The van der Waals surface area contributed by atoms with Gasteiger partial charge in [0.05, 0.1) is 11.1 Å². The summed E-state index contributed by atoms with van der Waals surface area (Å²) in [5, 5.41) is 2.63. The van der Waals surface area contributed by atoms with E-state index in [4.69, 9.17) is 4.74 Å². The molecule has 1 unspecified atom stereocenters. The standard InChI is InChI=1S/C21H16Br4N2O5/c1-3-10-4-6-11(7-5-10)26-12(28)8-32-21(31)9(2)27-19(29)13-14(20(27)30)16(23)18(25)17(24)15(13)22/h4-7,9H,3,8H2,1-2H3,(H,26,28). The maximum atomic E-state index is 13.0. The summed E-state index contributed by atoms with van der Waals surface area (Å²) in [5.41, 5.74) is 1.96. The van der Waals surface area contributed by atoms with E-state index in [2.05, 4.69) is 69.0 Å². The Labute approximate surface area is 217 Å². The van der Waals surface area contributed by atoms with Gasteiger partial charge in [-0.05, 0) is 94.8 Å². The Morgan fingerprint density at radius 3 is 1.91 bits per heavy atom. The third kappa shape index (κ3) is 4.71. The Morgan fingerprint density at radius 1 is 0.938 bits per heavy atom. The highest BCUT2D eigenvalue weighted by molar-refractivity contribution is 9.15. The van der Waals surface area contributed by atoms with Gasteiger partial charge in [0.25, 0.3) is 17.7 Å². The van der Waals surface area contributed by atoms with E-state index in [0.29, 0.717) is 23.6 Å². The second-order valence-corrected chi connectivity index (χ2v) is 10.0. The van der Waals surface area contributed by atoms with Crippen LogP contribution >= 0.6 is 63.7 Å². The van der Waals surface area contributed by atoms with Crippen LogP contribution < -0.4 is 5.32 Å². The van der Waals surface area contributed by atoms with Gasteiger partial charge < -0.3 is 10.1 Å². The number of nitrogens with one attached hydrogen (secondary N) is 1. The maximum Gasteiger partial charge on any atom is 0.329 e. The predicted octanol–water partition coefficient (Wildman–Crippen LogP) is 5.47. The first-order valence-electron chi connectivity index (χ1n) is 9.37. The van der Waals surface area contributed by atoms with Crippen molar-refractivity contribution in [2.75, 3.05) is 11.9 Å². The van der Waals surface area contributed by atoms with Crippen LogP contribution in [0, 0.1) is 0 Å². The van der Waals surface area contributed by atoms with Crippen molar-refractivity contribution in [1.29, 1.82) is 0 Å². The van der Waals surface area contributed by atoms with Crippen molar-refractivity contribution < 1.29 is 23.9 Å². The van der Waals surface area contributed by atoms with Crippen LogP contribution in [-0.2, 0) is 20.7 Å². The van der Waals surface area contributed by atoms with Gasteiger partial charge in [0.1, 0.15) is 6.04 Å². The lowest BCUT2D eigenvalue weighted by Gasteiger charge is -2.20. The SMILES string of the molecule is CCc1ccc(NC(=O)COC(=O)C(C)N2C(=O)c3c(Br)c(Br)c(Br)c(Br)c3C2=O)cc1. The highest BCUT2D eigenvalue weighted by Gasteiger charge is 2.45. The number of ether oxygens (including phenoxy) is 1. The third-order valence-corrected chi connectivity index (χ3v) is 9.62. The number of anilines is 1. The Bertz CT molecular complexity index is 1090. The molecule has 2 aromatic carbocycles. The molecule has 0 aromatic heterocycles. The van der Waals surface area contributed by atoms with Crippen molar-refractivity contribution in [1.82, 2.24) is 4.90 Å². The monoisotopic (exact) mass is 692 g/mol. The van der Waals surface area contributed by atoms with Crippen molar-refractivity contribution in [3.05, 3.63) is 58.8 Å². The van der Waals surface area contributed by atoms with Crippen LogP contribution in [0.2, 0.25) is 0 Å². The number of aryl methyl sites for hydroxylation is 1. The quantitative estimate of drug-likeness (QED) is 0.188. The van der Waals surface area contributed by atoms with E-state index in [-0.39, 0.29) is 11.1 Å². The number of benzene rings is 2. The average molecular weight is 696 g/mol. The molecule has 0 aliphatic carbocycles. The lowest BCUT2D eigenvalue weighted by Crippen LogP contribution is -2.44. The summed E-state index contributed by atoms with van der Waals surface area (Å²) in [6.07, 6.45) is 0.878. The first kappa shape index (κ1) is 25.1. The summed E-state index contributed by atoms with van der Waals surface area (Å²) >= 11 is 13.3. The molecule has 1 N–H and O–H groups in total. The number of rotatable bonds is 6. The molecule has 0 fully saturated rings. The summed E-state index contributed by atoms with van der Waals surface area (Å²) < 4.78 is 6.93. The van der Waals surface area contributed by atoms with Gasteiger partial charge in [0.15, 0.2) is 6.61 Å². The summed E-state index contributed by atoms with van der Waals surface area (Å²) in [5.74, 6) is -2.69. The zero-order chi connectivity index (χ0) is 23.7. The fourth-order valence-electron chi connectivity index (χ4n) is 3.10. The Balaban J connectivity index is 1.68. The molecule has 0 spiro atoms. The molecule has 3 amide bonds. The van der Waals surface area contributed by atoms with Crippen LogP contribution in [0.4, 0.5) is 5.69 Å². The number of amides is 3. The molecule has 0 radical (unpaired) electrons. The lowest BCUT2D eigenvalue weighted by atomic mass is 10.1. The second kappa shape index (κ2) is 10.1. The first-order chi connectivity index (χ1) is 15.1. The van der Waals surface area contributed by atoms with E-state index in [9.17, 15) is 19.2 Å². The van der Waals surface area contributed by atoms with E-state index in [1.807, 2.05) is 19.1 Å². The zero-order valence-electron chi connectivity index (χ0n) is 16.8. The van der Waals surface area contributed by atoms with Crippen molar-refractivity contribution in [2.45, 2.75) is 26.3 Å². The molecule has 1 aliphatic heterocycles. The van der Waals surface area contributed by atoms with Gasteiger partial charge in [-0.25, -0.2) is 4.79 Å². The topological polar surface area (TPSA) is 92.8 Å². The van der Waals surface area contributed by atoms with Gasteiger partial charge in [0, 0.05) is 23.6 Å². The molecule has 1 atom stereocenters. The number of nitrogens with zero attached hydrogens (tertiary/aromatic N) is 1. The molecular formula is C21H16Br4N2O5. The Hall–Kier alpha value is -1.56.